The number of carbonyl (C=O) groups excluding carboxylic acids is 2. The molecule has 0 fully saturated rings. The molecule has 1 N–H and O–H groups in total. The van der Waals surface area contributed by atoms with Crippen molar-refractivity contribution >= 4 is 23.6 Å². The average Bonchev–Trinajstić information content (AvgIpc) is 2.97. The van der Waals surface area contributed by atoms with E-state index in [1.165, 1.54) is 6.08 Å². The van der Waals surface area contributed by atoms with Crippen molar-refractivity contribution < 1.29 is 23.1 Å². The van der Waals surface area contributed by atoms with E-state index in [0.717, 1.165) is 36.5 Å². The van der Waals surface area contributed by atoms with Gasteiger partial charge in [0.2, 0.25) is 0 Å². The Kier molecular flexibility index (Phi) is 8.08. The first-order chi connectivity index (χ1) is 14.6. The van der Waals surface area contributed by atoms with Crippen LogP contribution in [0.3, 0.4) is 0 Å². The van der Waals surface area contributed by atoms with E-state index in [4.69, 9.17) is 4.74 Å². The fraction of sp³-hybridized carbons (Fsp3) is 0.348. The zero-order valence-electron chi connectivity index (χ0n) is 18.0. The van der Waals surface area contributed by atoms with Crippen LogP contribution in [-0.4, -0.2) is 23.1 Å². The number of nitrogens with zero attached hydrogens (tertiary/aromatic N) is 2. The van der Waals surface area contributed by atoms with E-state index in [0.29, 0.717) is 17.5 Å². The van der Waals surface area contributed by atoms with Crippen LogP contribution in [0.15, 0.2) is 29.8 Å². The van der Waals surface area contributed by atoms with Crippen LogP contribution in [0.25, 0.3) is 6.08 Å². The van der Waals surface area contributed by atoms with Crippen LogP contribution in [0.2, 0.25) is 0 Å². The maximum Gasteiger partial charge on any atom is 0.349 e. The molecule has 0 bridgehead atoms. The minimum absolute atomic E-state index is 0.243. The number of esters is 1. The summed E-state index contributed by atoms with van der Waals surface area (Å²) >= 11 is 0. The SMILES string of the molecule is Cc1cc(/C=C(\C#N)C(=O)OCC(=O)Nc2ccc(F)cc2F)c(C)n1CCC(C)C. The highest BCUT2D eigenvalue weighted by Crippen LogP contribution is 2.20. The predicted molar refractivity (Wildman–Crippen MR) is 113 cm³/mol. The molecule has 6 nitrogen and oxygen atoms in total. The molecule has 0 unspecified atom stereocenters. The van der Waals surface area contributed by atoms with E-state index in [9.17, 15) is 23.6 Å². The van der Waals surface area contributed by atoms with Crippen LogP contribution in [0.4, 0.5) is 14.5 Å². The van der Waals surface area contributed by atoms with Crippen molar-refractivity contribution in [3.63, 3.8) is 0 Å². The largest absolute Gasteiger partial charge is 0.451 e. The van der Waals surface area contributed by atoms with Crippen LogP contribution in [0, 0.1) is 42.7 Å². The minimum atomic E-state index is -0.968. The Morgan fingerprint density at radius 3 is 2.58 bits per heavy atom. The van der Waals surface area contributed by atoms with E-state index >= 15 is 0 Å². The number of amides is 1. The van der Waals surface area contributed by atoms with Gasteiger partial charge in [-0.05, 0) is 56.0 Å². The molecule has 2 aromatic rings. The van der Waals surface area contributed by atoms with Crippen molar-refractivity contribution in [1.29, 1.82) is 5.26 Å². The number of nitriles is 1. The van der Waals surface area contributed by atoms with Crippen LogP contribution in [-0.2, 0) is 20.9 Å². The van der Waals surface area contributed by atoms with E-state index in [-0.39, 0.29) is 11.3 Å². The minimum Gasteiger partial charge on any atom is -0.451 e. The zero-order chi connectivity index (χ0) is 23.1. The summed E-state index contributed by atoms with van der Waals surface area (Å²) in [5.41, 5.74) is 2.14. The Balaban J connectivity index is 2.05. The van der Waals surface area contributed by atoms with Crippen molar-refractivity contribution in [3.05, 3.63) is 58.4 Å². The summed E-state index contributed by atoms with van der Waals surface area (Å²) < 4.78 is 33.5. The number of hydrogen-bond donors (Lipinski definition) is 1. The second-order valence-corrected chi connectivity index (χ2v) is 7.58. The van der Waals surface area contributed by atoms with Gasteiger partial charge in [-0.15, -0.1) is 0 Å². The monoisotopic (exact) mass is 429 g/mol. The molecular formula is C23H25F2N3O3. The Morgan fingerprint density at radius 1 is 1.26 bits per heavy atom. The molecule has 0 aliphatic heterocycles. The number of anilines is 1. The van der Waals surface area contributed by atoms with Gasteiger partial charge >= 0.3 is 5.97 Å². The smallest absolute Gasteiger partial charge is 0.349 e. The summed E-state index contributed by atoms with van der Waals surface area (Å²) in [7, 11) is 0. The number of aromatic nitrogens is 1. The first-order valence-electron chi connectivity index (χ1n) is 9.83. The normalized spacial score (nSPS) is 11.4. The first kappa shape index (κ1) is 23.8. The van der Waals surface area contributed by atoms with Gasteiger partial charge in [-0.3, -0.25) is 4.79 Å². The van der Waals surface area contributed by atoms with Crippen molar-refractivity contribution in [2.75, 3.05) is 11.9 Å². The van der Waals surface area contributed by atoms with Crippen molar-refractivity contribution in [2.45, 2.75) is 40.7 Å². The maximum absolute atomic E-state index is 13.6. The number of aryl methyl sites for hydroxylation is 1. The zero-order valence-corrected chi connectivity index (χ0v) is 18.0. The van der Waals surface area contributed by atoms with Crippen LogP contribution >= 0.6 is 0 Å². The molecule has 0 spiro atoms. The molecule has 8 heteroatoms. The highest BCUT2D eigenvalue weighted by Gasteiger charge is 2.16. The fourth-order valence-electron chi connectivity index (χ4n) is 2.98. The Labute approximate surface area is 180 Å². The lowest BCUT2D eigenvalue weighted by atomic mass is 10.1. The third-order valence-electron chi connectivity index (χ3n) is 4.72. The standard InChI is InChI=1S/C23H25F2N3O3/c1-14(2)7-8-28-15(3)9-17(16(28)4)10-18(12-26)23(30)31-13-22(29)27-21-6-5-19(24)11-20(21)25/h5-6,9-11,14H,7-8,13H2,1-4H3,(H,27,29)/b18-10+. The Bertz CT molecular complexity index is 1050. The Morgan fingerprint density at radius 2 is 1.97 bits per heavy atom. The summed E-state index contributed by atoms with van der Waals surface area (Å²) in [4.78, 5) is 24.1. The van der Waals surface area contributed by atoms with Gasteiger partial charge in [-0.25, -0.2) is 13.6 Å². The Hall–Kier alpha value is -3.47. The summed E-state index contributed by atoms with van der Waals surface area (Å²) in [6.07, 6.45) is 2.42. The van der Waals surface area contributed by atoms with E-state index < -0.39 is 30.1 Å². The van der Waals surface area contributed by atoms with Gasteiger partial charge in [0, 0.05) is 24.0 Å². The second-order valence-electron chi connectivity index (χ2n) is 7.58. The fourth-order valence-corrected chi connectivity index (χ4v) is 2.98. The number of nitrogens with one attached hydrogen (secondary N) is 1. The number of carbonyl (C=O) groups is 2. The quantitative estimate of drug-likeness (QED) is 0.380. The number of halogens is 2. The third-order valence-corrected chi connectivity index (χ3v) is 4.72. The molecule has 0 aliphatic carbocycles. The van der Waals surface area contributed by atoms with E-state index in [2.05, 4.69) is 23.7 Å². The molecule has 0 aliphatic rings. The number of benzene rings is 1. The van der Waals surface area contributed by atoms with Crippen molar-refractivity contribution in [3.8, 4) is 6.07 Å². The average molecular weight is 429 g/mol. The number of rotatable bonds is 8. The molecular weight excluding hydrogens is 404 g/mol. The molecule has 1 amide bonds. The molecule has 164 valence electrons. The summed E-state index contributed by atoms with van der Waals surface area (Å²) in [6, 6.07) is 6.33. The molecule has 1 aromatic carbocycles. The lowest BCUT2D eigenvalue weighted by molar-refractivity contribution is -0.142. The van der Waals surface area contributed by atoms with Crippen molar-refractivity contribution in [1.82, 2.24) is 4.57 Å². The topological polar surface area (TPSA) is 84.1 Å². The van der Waals surface area contributed by atoms with Gasteiger partial charge in [0.25, 0.3) is 5.91 Å². The molecule has 2 rings (SSSR count). The van der Waals surface area contributed by atoms with Gasteiger partial charge in [0.15, 0.2) is 6.61 Å². The van der Waals surface area contributed by atoms with Crippen LogP contribution < -0.4 is 5.32 Å². The molecule has 31 heavy (non-hydrogen) atoms. The van der Waals surface area contributed by atoms with Crippen LogP contribution in [0.1, 0.15) is 37.2 Å². The third kappa shape index (κ3) is 6.51. The highest BCUT2D eigenvalue weighted by molar-refractivity contribution is 6.00. The van der Waals surface area contributed by atoms with E-state index in [1.807, 2.05) is 19.9 Å². The highest BCUT2D eigenvalue weighted by atomic mass is 19.1. The first-order valence-corrected chi connectivity index (χ1v) is 9.83. The number of ether oxygens (including phenoxy) is 1. The second kappa shape index (κ2) is 10.5. The molecule has 0 radical (unpaired) electrons. The molecule has 0 saturated heterocycles. The lowest BCUT2D eigenvalue weighted by Crippen LogP contribution is -2.22. The van der Waals surface area contributed by atoms with E-state index in [1.54, 1.807) is 6.07 Å². The summed E-state index contributed by atoms with van der Waals surface area (Å²) in [6.45, 7) is 8.24. The molecule has 1 aromatic heterocycles. The molecule has 0 atom stereocenters. The van der Waals surface area contributed by atoms with Gasteiger partial charge in [0.1, 0.15) is 23.3 Å². The molecule has 1 heterocycles. The van der Waals surface area contributed by atoms with Gasteiger partial charge in [-0.2, -0.15) is 5.26 Å². The van der Waals surface area contributed by atoms with Gasteiger partial charge in [-0.1, -0.05) is 13.8 Å². The maximum atomic E-state index is 13.6. The lowest BCUT2D eigenvalue weighted by Gasteiger charge is -2.11. The predicted octanol–water partition coefficient (Wildman–Crippen LogP) is 4.52. The summed E-state index contributed by atoms with van der Waals surface area (Å²) in [5, 5.41) is 11.5. The van der Waals surface area contributed by atoms with Gasteiger partial charge in [0.05, 0.1) is 5.69 Å². The summed E-state index contributed by atoms with van der Waals surface area (Å²) in [5.74, 6) is -2.98. The van der Waals surface area contributed by atoms with Gasteiger partial charge < -0.3 is 14.6 Å². The van der Waals surface area contributed by atoms with Crippen molar-refractivity contribution in [2.24, 2.45) is 5.92 Å². The number of hydrogen-bond acceptors (Lipinski definition) is 4. The molecule has 0 saturated carbocycles. The van der Waals surface area contributed by atoms with Crippen LogP contribution in [0.5, 0.6) is 0 Å².